The number of benzene rings is 3. The summed E-state index contributed by atoms with van der Waals surface area (Å²) < 4.78 is 0.851. The molecule has 0 radical (unpaired) electrons. The molecule has 4 aliphatic rings. The van der Waals surface area contributed by atoms with Crippen LogP contribution < -0.4 is 70.4 Å². The highest BCUT2D eigenvalue weighted by Crippen LogP contribution is 2.31. The maximum absolute atomic E-state index is 15.8. The Kier molecular flexibility index (Phi) is 37.3. The number of aromatic nitrogens is 3. The number of nitrogens with one attached hydrogen (secondary N) is 12. The molecule has 3 aromatic carbocycles. The summed E-state index contributed by atoms with van der Waals surface area (Å²) in [6, 6.07) is -0.0836. The van der Waals surface area contributed by atoms with E-state index in [2.05, 4.69) is 68.1 Å². The lowest BCUT2D eigenvalue weighted by atomic mass is 10.00. The van der Waals surface area contributed by atoms with Crippen LogP contribution in [0.3, 0.4) is 0 Å². The SMILES string of the molecule is CCCCC[C@H]1C(=O)N2CCC[C@@H]2C(=O)N[C@@H](CCCN)C(=O)N[C@H](C(=O)NCC(N)=O)CSCC(=O)N[C@@H](Cc2ccc(O)cc2)C(=O)N(C)[C@@H](C)C(=O)N[C@@H](CC(N)=O)C(=O)N2CCC[C@H]2C(=O)N[C@@H](Cc2cnc[nH]2)C(=O)N[C@@H](CC(C)C)C(=O)N2CCCC2C(=O)N[C@@H](Cc2c[nH]c3ccccc23)C(=O)N[C@@H](CCO)C(=O)N[C@@H](Cc2csc3ccccc23)C(=O)N1C. The van der Waals surface area contributed by atoms with Crippen molar-refractivity contribution in [3.8, 4) is 5.75 Å². The van der Waals surface area contributed by atoms with Crippen molar-refractivity contribution in [2.24, 2.45) is 23.1 Å². The minimum absolute atomic E-state index is 0.00696. The Bertz CT molecular complexity index is 5110. The van der Waals surface area contributed by atoms with Crippen LogP contribution in [0.1, 0.15) is 146 Å². The number of aliphatic hydroxyl groups is 1. The van der Waals surface area contributed by atoms with Crippen LogP contribution in [-0.4, -0.2) is 300 Å². The van der Waals surface area contributed by atoms with Crippen LogP contribution in [-0.2, 0) is 107 Å². The monoisotopic (exact) mass is 1870 g/mol. The number of phenols is 1. The number of imidazole rings is 1. The number of thiophene rings is 1. The fourth-order valence-corrected chi connectivity index (χ4v) is 18.9. The van der Waals surface area contributed by atoms with Gasteiger partial charge in [-0.25, -0.2) is 4.98 Å². The average Bonchev–Trinajstić information content (AvgIpc) is 1.61. The summed E-state index contributed by atoms with van der Waals surface area (Å²) in [6.07, 6.45) is 5.15. The quantitative estimate of drug-likeness (QED) is 0.0325. The molecule has 4 fully saturated rings. The number of likely N-dealkylation sites (N-methyl/N-ethyl adjacent to an activating group) is 2. The number of aromatic amines is 2. The van der Waals surface area contributed by atoms with Gasteiger partial charge < -0.3 is 115 Å². The number of nitrogens with zero attached hydrogens (tertiary/aromatic N) is 6. The zero-order valence-corrected chi connectivity index (χ0v) is 76.7. The zero-order chi connectivity index (χ0) is 95.6. The van der Waals surface area contributed by atoms with Crippen molar-refractivity contribution in [1.29, 1.82) is 0 Å². The van der Waals surface area contributed by atoms with Crippen molar-refractivity contribution in [3.63, 3.8) is 0 Å². The maximum atomic E-state index is 15.8. The smallest absolute Gasteiger partial charge is 0.246 e. The Morgan fingerprint density at radius 2 is 1.08 bits per heavy atom. The molecule has 17 amide bonds. The second kappa shape index (κ2) is 48.5. The van der Waals surface area contributed by atoms with E-state index in [0.29, 0.717) is 59.0 Å². The first kappa shape index (κ1) is 102. The predicted octanol–water partition coefficient (Wildman–Crippen LogP) is -0.937. The first-order valence-electron chi connectivity index (χ1n) is 44.8. The van der Waals surface area contributed by atoms with E-state index < -0.39 is 223 Å². The van der Waals surface area contributed by atoms with Crippen molar-refractivity contribution < 1.29 is 91.7 Å². The van der Waals surface area contributed by atoms with E-state index in [1.165, 1.54) is 83.8 Å². The van der Waals surface area contributed by atoms with Crippen LogP contribution in [0.4, 0.5) is 0 Å². The number of fused-ring (bicyclic) bond motifs is 5. The number of aromatic hydroxyl groups is 1. The number of rotatable bonds is 24. The highest BCUT2D eigenvalue weighted by atomic mass is 32.2. The van der Waals surface area contributed by atoms with Crippen molar-refractivity contribution >= 4 is 145 Å². The fraction of sp³-hybridized carbons (Fsp3) is 0.533. The highest BCUT2D eigenvalue weighted by molar-refractivity contribution is 8.00. The Balaban J connectivity index is 1.00. The third-order valence-corrected chi connectivity index (χ3v) is 26.3. The molecule has 14 atom stereocenters. The lowest BCUT2D eigenvalue weighted by Gasteiger charge is -2.35. The van der Waals surface area contributed by atoms with E-state index in [4.69, 9.17) is 17.2 Å². The topological polar surface area (TPSA) is 590 Å². The second-order valence-electron chi connectivity index (χ2n) is 34.4. The molecular formula is C90H123N21O19S2. The number of hydrogen-bond acceptors (Lipinski definition) is 23. The van der Waals surface area contributed by atoms with E-state index >= 15 is 33.6 Å². The molecule has 0 bridgehead atoms. The van der Waals surface area contributed by atoms with Gasteiger partial charge in [0.15, 0.2) is 0 Å². The molecule has 6 aromatic rings. The summed E-state index contributed by atoms with van der Waals surface area (Å²) >= 11 is 2.18. The minimum atomic E-state index is -1.75. The van der Waals surface area contributed by atoms with E-state index in [-0.39, 0.29) is 121 Å². The summed E-state index contributed by atoms with van der Waals surface area (Å²) in [5.41, 5.74) is 19.8. The Morgan fingerprint density at radius 1 is 0.545 bits per heavy atom. The molecule has 132 heavy (non-hydrogen) atoms. The molecule has 714 valence electrons. The molecule has 4 saturated heterocycles. The number of primary amides is 2. The van der Waals surface area contributed by atoms with E-state index in [9.17, 15) is 58.2 Å². The van der Waals surface area contributed by atoms with Crippen molar-refractivity contribution in [2.45, 2.75) is 234 Å². The number of carbonyl (C=O) groups excluding carboxylic acids is 17. The van der Waals surface area contributed by atoms with Crippen LogP contribution in [0.15, 0.2) is 96.9 Å². The molecule has 10 rings (SSSR count). The summed E-state index contributed by atoms with van der Waals surface area (Å²) in [6.45, 7) is 5.45. The third-order valence-electron chi connectivity index (χ3n) is 24.3. The number of aliphatic hydroxyl groups excluding tert-OH is 1. The fourth-order valence-electron chi connectivity index (χ4n) is 17.1. The first-order chi connectivity index (χ1) is 63.2. The number of nitrogens with two attached hydrogens (primary N) is 3. The summed E-state index contributed by atoms with van der Waals surface area (Å²) in [5, 5.41) is 51.3. The van der Waals surface area contributed by atoms with Crippen LogP contribution in [0, 0.1) is 5.92 Å². The standard InChI is InChI=1S/C90H123N21O19S2/c1-7-8-9-22-72-90(130)111-35-17-25-71(111)83(123)100-60(21-14-32-91)79(119)106-68(78(118)96-45-75(93)115)47-131-48-76(116)98-65(38-52-27-29-56(113)30-28-52)86(126)107(5)51(4)77(117)103-67(42-74(92)114)89(129)110-34-16-24-70(110)85(125)102-63(41-55-44-94-49-97-55)82(122)104-64(37-50(2)3)88(128)109-33-15-23-69(109)84(124)101-62(39-53-43-95-59-20-12-10-18-57(53)59)81(121)99-61(31-36-112)80(120)105-66(87(127)108(72)6)40-54-46-132-73-26-13-11-19-58(54)73/h10-13,18-20,26-30,43-44,46,49-51,60-72,95,112-113H,7-9,14-17,21-25,31-42,45,47-48,91H2,1-6H3,(H2,92,114)(H2,93,115)(H,94,97)(H,96,118)(H,98,116)(H,99,121)(H,100,123)(H,101,124)(H,102,125)(H,103,117)(H,104,122)(H,105,120)(H,106,119)/t51-,60-,61-,62-,63-,64-,65-,66-,67-,68-,69?,70-,71+,72-/m0/s1. The van der Waals surface area contributed by atoms with Crippen molar-refractivity contribution in [1.82, 2.24) is 92.6 Å². The third kappa shape index (κ3) is 27.3. The molecule has 4 aliphatic heterocycles. The van der Waals surface area contributed by atoms with Gasteiger partial charge in [-0.1, -0.05) is 88.6 Å². The van der Waals surface area contributed by atoms with Gasteiger partial charge in [0, 0.05) is 105 Å². The normalized spacial score (nSPS) is 25.0. The first-order valence-corrected chi connectivity index (χ1v) is 46.9. The summed E-state index contributed by atoms with van der Waals surface area (Å²) in [7, 11) is 2.65. The average molecular weight is 1870 g/mol. The Labute approximate surface area is 772 Å². The van der Waals surface area contributed by atoms with Crippen LogP contribution in [0.5, 0.6) is 5.75 Å². The maximum Gasteiger partial charge on any atom is 0.246 e. The second-order valence-corrected chi connectivity index (χ2v) is 36.3. The van der Waals surface area contributed by atoms with E-state index in [1.807, 2.05) is 42.6 Å². The van der Waals surface area contributed by atoms with Gasteiger partial charge in [0.25, 0.3) is 0 Å². The Morgan fingerprint density at radius 3 is 1.69 bits per heavy atom. The largest absolute Gasteiger partial charge is 0.508 e. The molecule has 0 spiro atoms. The highest BCUT2D eigenvalue weighted by Gasteiger charge is 2.47. The number of amides is 17. The molecule has 3 aromatic heterocycles. The number of hydrogen-bond donors (Lipinski definition) is 17. The van der Waals surface area contributed by atoms with Gasteiger partial charge in [-0.15, -0.1) is 23.1 Å². The van der Waals surface area contributed by atoms with Gasteiger partial charge >= 0.3 is 0 Å². The molecule has 0 aliphatic carbocycles. The van der Waals surface area contributed by atoms with Crippen LogP contribution in [0.25, 0.3) is 21.0 Å². The molecule has 7 heterocycles. The number of unbranched alkanes of at least 4 members (excludes halogenated alkanes) is 2. The summed E-state index contributed by atoms with van der Waals surface area (Å²) in [4.78, 5) is 266. The number of phenolic OH excluding ortho intramolecular Hbond substituents is 1. The van der Waals surface area contributed by atoms with Gasteiger partial charge in [-0.2, -0.15) is 0 Å². The number of thioether (sulfide) groups is 1. The molecular weight excluding hydrogens is 1740 g/mol. The Hall–Kier alpha value is -12.6. The molecule has 1 unspecified atom stereocenters. The molecule has 20 N–H and O–H groups in total. The number of H-pyrrole nitrogens is 2. The number of para-hydroxylation sites is 1. The molecule has 0 saturated carbocycles. The van der Waals surface area contributed by atoms with Crippen molar-refractivity contribution in [3.05, 3.63) is 119 Å². The molecule has 40 nitrogen and oxygen atoms in total. The van der Waals surface area contributed by atoms with Gasteiger partial charge in [0.1, 0.15) is 90.3 Å². The molecule has 42 heteroatoms. The van der Waals surface area contributed by atoms with Crippen LogP contribution >= 0.6 is 23.1 Å². The lowest BCUT2D eigenvalue weighted by Crippen LogP contribution is -2.61. The van der Waals surface area contributed by atoms with Crippen LogP contribution in [0.2, 0.25) is 0 Å². The van der Waals surface area contributed by atoms with Gasteiger partial charge in [-0.3, -0.25) is 81.5 Å². The van der Waals surface area contributed by atoms with Gasteiger partial charge in [0.05, 0.1) is 25.0 Å². The van der Waals surface area contributed by atoms with Gasteiger partial charge in [-0.05, 0) is 142 Å². The predicted molar refractivity (Wildman–Crippen MR) is 489 cm³/mol. The number of carbonyl (C=O) groups is 17. The van der Waals surface area contributed by atoms with E-state index in [0.717, 1.165) is 31.6 Å². The minimum Gasteiger partial charge on any atom is -0.508 e. The lowest BCUT2D eigenvalue weighted by molar-refractivity contribution is -0.149. The summed E-state index contributed by atoms with van der Waals surface area (Å²) in [5.74, 6) is -16.0. The van der Waals surface area contributed by atoms with E-state index in [1.54, 1.807) is 38.2 Å². The zero-order valence-electron chi connectivity index (χ0n) is 75.1. The van der Waals surface area contributed by atoms with Crippen molar-refractivity contribution in [2.75, 3.05) is 64.9 Å². The van der Waals surface area contributed by atoms with Gasteiger partial charge in [0.2, 0.25) is 100 Å².